The van der Waals surface area contributed by atoms with Crippen LogP contribution in [-0.2, 0) is 0 Å². The number of carbonyl (C=O) groups is 1. The molecular weight excluding hydrogens is 290 g/mol. The van der Waals surface area contributed by atoms with Crippen molar-refractivity contribution in [2.24, 2.45) is 0 Å². The fourth-order valence-corrected chi connectivity index (χ4v) is 2.66. The molecule has 23 heavy (non-hydrogen) atoms. The second kappa shape index (κ2) is 4.91. The maximum Gasteiger partial charge on any atom is 0.199 e. The van der Waals surface area contributed by atoms with Crippen LogP contribution >= 0.6 is 0 Å². The number of phenols is 1. The van der Waals surface area contributed by atoms with Gasteiger partial charge in [-0.05, 0) is 31.2 Å². The van der Waals surface area contributed by atoms with Crippen LogP contribution in [-0.4, -0.2) is 25.5 Å². The number of carbonyl (C=O) groups excluding carboxylic acids is 1. The number of aromatic nitrogens is 3. The molecule has 0 saturated heterocycles. The first-order chi connectivity index (χ1) is 11.1. The molecule has 0 radical (unpaired) electrons. The van der Waals surface area contributed by atoms with Gasteiger partial charge in [-0.3, -0.25) is 4.79 Å². The van der Waals surface area contributed by atoms with E-state index >= 15 is 0 Å². The summed E-state index contributed by atoms with van der Waals surface area (Å²) in [6.07, 6.45) is 3.17. The summed E-state index contributed by atoms with van der Waals surface area (Å²) in [4.78, 5) is 17.0. The zero-order chi connectivity index (χ0) is 16.0. The van der Waals surface area contributed by atoms with Gasteiger partial charge in [0.25, 0.3) is 0 Å². The standard InChI is InChI=1S/C18H13N3O2/c1-11-6-7-16(22)14(8-11)17(23)12-9-19-18-13-4-2-3-5-15(13)20-21(18)10-12/h2-10,22H,1H3. The zero-order valence-corrected chi connectivity index (χ0v) is 12.4. The highest BCUT2D eigenvalue weighted by atomic mass is 16.3. The summed E-state index contributed by atoms with van der Waals surface area (Å²) in [6.45, 7) is 1.87. The van der Waals surface area contributed by atoms with Crippen molar-refractivity contribution in [1.82, 2.24) is 14.6 Å². The average molecular weight is 303 g/mol. The van der Waals surface area contributed by atoms with Gasteiger partial charge in [0.15, 0.2) is 11.4 Å². The fraction of sp³-hybridized carbons (Fsp3) is 0.0556. The lowest BCUT2D eigenvalue weighted by atomic mass is 10.0. The highest BCUT2D eigenvalue weighted by molar-refractivity contribution is 6.10. The van der Waals surface area contributed by atoms with Crippen molar-refractivity contribution < 1.29 is 9.90 Å². The number of benzene rings is 2. The second-order valence-corrected chi connectivity index (χ2v) is 5.48. The third kappa shape index (κ3) is 2.14. The molecule has 2 aromatic heterocycles. The monoisotopic (exact) mass is 303 g/mol. The van der Waals surface area contributed by atoms with Gasteiger partial charge in [-0.15, -0.1) is 0 Å². The van der Waals surface area contributed by atoms with E-state index in [1.54, 1.807) is 22.8 Å². The van der Waals surface area contributed by atoms with E-state index in [1.165, 1.54) is 12.3 Å². The van der Waals surface area contributed by atoms with Gasteiger partial charge in [0.2, 0.25) is 0 Å². The van der Waals surface area contributed by atoms with Gasteiger partial charge < -0.3 is 5.11 Å². The van der Waals surface area contributed by atoms with Crippen LogP contribution in [0.15, 0.2) is 54.9 Å². The van der Waals surface area contributed by atoms with Gasteiger partial charge >= 0.3 is 0 Å². The molecule has 0 spiro atoms. The van der Waals surface area contributed by atoms with E-state index in [-0.39, 0.29) is 17.1 Å². The quantitative estimate of drug-likeness (QED) is 0.578. The lowest BCUT2D eigenvalue weighted by Gasteiger charge is -2.05. The van der Waals surface area contributed by atoms with Gasteiger partial charge in [-0.25, -0.2) is 9.50 Å². The third-order valence-electron chi connectivity index (χ3n) is 3.82. The molecule has 0 atom stereocenters. The fourth-order valence-electron chi connectivity index (χ4n) is 2.66. The Morgan fingerprint density at radius 1 is 1.17 bits per heavy atom. The van der Waals surface area contributed by atoms with Gasteiger partial charge in [0.1, 0.15) is 5.75 Å². The van der Waals surface area contributed by atoms with Gasteiger partial charge in [-0.1, -0.05) is 23.8 Å². The van der Waals surface area contributed by atoms with E-state index in [9.17, 15) is 9.90 Å². The van der Waals surface area contributed by atoms with Crippen LogP contribution in [0.3, 0.4) is 0 Å². The normalized spacial score (nSPS) is 11.2. The van der Waals surface area contributed by atoms with Crippen LogP contribution in [0.5, 0.6) is 5.75 Å². The average Bonchev–Trinajstić information content (AvgIpc) is 2.94. The molecule has 0 saturated carbocycles. The van der Waals surface area contributed by atoms with Crippen molar-refractivity contribution in [2.45, 2.75) is 6.92 Å². The van der Waals surface area contributed by atoms with E-state index in [0.717, 1.165) is 16.5 Å². The molecule has 4 aromatic rings. The predicted molar refractivity (Wildman–Crippen MR) is 86.8 cm³/mol. The molecule has 0 amide bonds. The second-order valence-electron chi connectivity index (χ2n) is 5.48. The summed E-state index contributed by atoms with van der Waals surface area (Å²) in [7, 11) is 0. The Bertz CT molecular complexity index is 1070. The van der Waals surface area contributed by atoms with Crippen molar-refractivity contribution in [1.29, 1.82) is 0 Å². The largest absolute Gasteiger partial charge is 0.507 e. The van der Waals surface area contributed by atoms with Crippen LogP contribution < -0.4 is 0 Å². The molecule has 2 aromatic carbocycles. The first kappa shape index (κ1) is 13.5. The molecule has 0 aliphatic carbocycles. The topological polar surface area (TPSA) is 67.5 Å². The molecule has 1 N–H and O–H groups in total. The van der Waals surface area contributed by atoms with Crippen LogP contribution in [0.4, 0.5) is 0 Å². The summed E-state index contributed by atoms with van der Waals surface area (Å²) in [5.74, 6) is -0.313. The molecule has 5 heteroatoms. The third-order valence-corrected chi connectivity index (χ3v) is 3.82. The number of hydrogen-bond acceptors (Lipinski definition) is 4. The Labute approximate surface area is 131 Å². The smallest absolute Gasteiger partial charge is 0.199 e. The zero-order valence-electron chi connectivity index (χ0n) is 12.4. The minimum absolute atomic E-state index is 0.0358. The highest BCUT2D eigenvalue weighted by Gasteiger charge is 2.16. The van der Waals surface area contributed by atoms with E-state index in [2.05, 4.69) is 10.1 Å². The van der Waals surface area contributed by atoms with Crippen molar-refractivity contribution in [3.63, 3.8) is 0 Å². The first-order valence-electron chi connectivity index (χ1n) is 7.21. The minimum Gasteiger partial charge on any atom is -0.507 e. The van der Waals surface area contributed by atoms with Gasteiger partial charge in [0, 0.05) is 17.8 Å². The Morgan fingerprint density at radius 2 is 2.00 bits per heavy atom. The number of aromatic hydroxyl groups is 1. The molecule has 0 fully saturated rings. The van der Waals surface area contributed by atoms with E-state index in [1.807, 2.05) is 31.2 Å². The Kier molecular flexibility index (Phi) is 2.87. The maximum atomic E-state index is 12.6. The van der Waals surface area contributed by atoms with Crippen LogP contribution in [0.25, 0.3) is 16.6 Å². The molecule has 0 unspecified atom stereocenters. The van der Waals surface area contributed by atoms with E-state index in [4.69, 9.17) is 0 Å². The minimum atomic E-state index is -0.278. The molecule has 0 aliphatic rings. The molecule has 2 heterocycles. The number of nitrogens with zero attached hydrogens (tertiary/aromatic N) is 3. The Hall–Kier alpha value is -3.21. The number of fused-ring (bicyclic) bond motifs is 3. The van der Waals surface area contributed by atoms with Crippen molar-refractivity contribution in [3.8, 4) is 5.75 Å². The molecule has 112 valence electrons. The number of ketones is 1. The molecule has 4 rings (SSSR count). The Morgan fingerprint density at radius 3 is 2.87 bits per heavy atom. The maximum absolute atomic E-state index is 12.6. The SMILES string of the molecule is Cc1ccc(O)c(C(=O)c2cnc3c4ccccc4nn3c2)c1. The summed E-state index contributed by atoms with van der Waals surface area (Å²) in [5, 5.41) is 15.3. The summed E-state index contributed by atoms with van der Waals surface area (Å²) in [5.41, 5.74) is 3.08. The number of phenolic OH excluding ortho intramolecular Hbond substituents is 1. The van der Waals surface area contributed by atoms with Crippen LogP contribution in [0.1, 0.15) is 21.5 Å². The Balaban J connectivity index is 1.87. The van der Waals surface area contributed by atoms with Gasteiger partial charge in [0.05, 0.1) is 16.6 Å². The number of aryl methyl sites for hydroxylation is 1. The highest BCUT2D eigenvalue weighted by Crippen LogP contribution is 2.23. The van der Waals surface area contributed by atoms with Crippen LogP contribution in [0.2, 0.25) is 0 Å². The predicted octanol–water partition coefficient (Wildman–Crippen LogP) is 3.13. The van der Waals surface area contributed by atoms with Gasteiger partial charge in [-0.2, -0.15) is 5.10 Å². The summed E-state index contributed by atoms with van der Waals surface area (Å²) in [6, 6.07) is 12.6. The van der Waals surface area contributed by atoms with E-state index in [0.29, 0.717) is 11.2 Å². The molecular formula is C18H13N3O2. The summed E-state index contributed by atoms with van der Waals surface area (Å²) < 4.78 is 1.60. The van der Waals surface area contributed by atoms with Crippen LogP contribution in [0, 0.1) is 6.92 Å². The van der Waals surface area contributed by atoms with Crippen molar-refractivity contribution >= 4 is 22.3 Å². The molecule has 0 bridgehead atoms. The molecule has 0 aliphatic heterocycles. The van der Waals surface area contributed by atoms with E-state index < -0.39 is 0 Å². The lowest BCUT2D eigenvalue weighted by molar-refractivity contribution is 0.103. The number of hydrogen-bond donors (Lipinski definition) is 1. The summed E-state index contributed by atoms with van der Waals surface area (Å²) >= 11 is 0. The molecule has 5 nitrogen and oxygen atoms in total. The lowest BCUT2D eigenvalue weighted by Crippen LogP contribution is -2.05. The van der Waals surface area contributed by atoms with Crippen molar-refractivity contribution in [3.05, 3.63) is 71.5 Å². The first-order valence-corrected chi connectivity index (χ1v) is 7.21. The van der Waals surface area contributed by atoms with Crippen molar-refractivity contribution in [2.75, 3.05) is 0 Å². The number of rotatable bonds is 2.